The predicted molar refractivity (Wildman–Crippen MR) is 103 cm³/mol. The van der Waals surface area contributed by atoms with Crippen LogP contribution in [-0.2, 0) is 4.74 Å². The SMILES string of the molecule is CN(C)C(=O)n1cc(-c2cn(C(=O)OC(C)(C)C)c3ncc(Br)nc23)cn1. The van der Waals surface area contributed by atoms with Gasteiger partial charge in [0.1, 0.15) is 15.7 Å². The van der Waals surface area contributed by atoms with Gasteiger partial charge in [-0.3, -0.25) is 0 Å². The maximum absolute atomic E-state index is 12.6. The lowest BCUT2D eigenvalue weighted by atomic mass is 10.2. The quantitative estimate of drug-likeness (QED) is 0.582. The summed E-state index contributed by atoms with van der Waals surface area (Å²) in [6.07, 6.45) is 5.66. The molecule has 3 heterocycles. The zero-order valence-electron chi connectivity index (χ0n) is 15.6. The Hall–Kier alpha value is -2.75. The average Bonchev–Trinajstić information content (AvgIpc) is 3.16. The summed E-state index contributed by atoms with van der Waals surface area (Å²) in [6.45, 7) is 5.37. The number of carbonyl (C=O) groups excluding carboxylic acids is 2. The van der Waals surface area contributed by atoms with Crippen molar-refractivity contribution in [3.8, 4) is 11.1 Å². The van der Waals surface area contributed by atoms with Crippen LogP contribution in [0.4, 0.5) is 9.59 Å². The Morgan fingerprint density at radius 3 is 2.52 bits per heavy atom. The number of hydrogen-bond acceptors (Lipinski definition) is 6. The molecule has 0 aliphatic heterocycles. The van der Waals surface area contributed by atoms with E-state index in [2.05, 4.69) is 31.0 Å². The molecule has 0 N–H and O–H groups in total. The summed E-state index contributed by atoms with van der Waals surface area (Å²) in [5, 5.41) is 4.10. The van der Waals surface area contributed by atoms with Crippen LogP contribution in [0.1, 0.15) is 20.8 Å². The first-order chi connectivity index (χ1) is 12.6. The molecule has 3 aromatic rings. The van der Waals surface area contributed by atoms with Crippen LogP contribution in [-0.4, -0.2) is 61.0 Å². The largest absolute Gasteiger partial charge is 0.443 e. The van der Waals surface area contributed by atoms with E-state index in [1.54, 1.807) is 47.3 Å². The van der Waals surface area contributed by atoms with E-state index in [4.69, 9.17) is 4.74 Å². The molecular weight excluding hydrogens is 416 g/mol. The highest BCUT2D eigenvalue weighted by Crippen LogP contribution is 2.29. The molecule has 3 aromatic heterocycles. The van der Waals surface area contributed by atoms with Crippen LogP contribution in [0.5, 0.6) is 0 Å². The zero-order chi connectivity index (χ0) is 19.9. The molecular formula is C17H19BrN6O3. The molecule has 0 aliphatic rings. The topological polar surface area (TPSA) is 95.1 Å². The Labute approximate surface area is 164 Å². The molecule has 0 saturated carbocycles. The molecule has 27 heavy (non-hydrogen) atoms. The summed E-state index contributed by atoms with van der Waals surface area (Å²) >= 11 is 3.30. The first-order valence-electron chi connectivity index (χ1n) is 8.10. The fourth-order valence-electron chi connectivity index (χ4n) is 2.40. The minimum absolute atomic E-state index is 0.288. The third-order valence-corrected chi connectivity index (χ3v) is 3.91. The molecule has 0 fully saturated rings. The highest BCUT2D eigenvalue weighted by Gasteiger charge is 2.23. The summed E-state index contributed by atoms with van der Waals surface area (Å²) in [6, 6.07) is -0.288. The summed E-state index contributed by atoms with van der Waals surface area (Å²) < 4.78 is 8.50. The standard InChI is InChI=1S/C17H19BrN6O3/c1-17(2,3)27-16(26)23-9-11(13-14(23)19-7-12(18)21-13)10-6-20-24(8-10)15(25)22(4)5/h6-9H,1-5H3. The van der Waals surface area contributed by atoms with E-state index in [0.29, 0.717) is 26.9 Å². The lowest BCUT2D eigenvalue weighted by molar-refractivity contribution is 0.0543. The number of halogens is 1. The second kappa shape index (κ2) is 6.76. The van der Waals surface area contributed by atoms with Gasteiger partial charge in [-0.05, 0) is 36.7 Å². The Morgan fingerprint density at radius 1 is 1.19 bits per heavy atom. The zero-order valence-corrected chi connectivity index (χ0v) is 17.2. The molecule has 0 saturated heterocycles. The minimum Gasteiger partial charge on any atom is -0.443 e. The molecule has 0 unspecified atom stereocenters. The Morgan fingerprint density at radius 2 is 1.89 bits per heavy atom. The molecule has 0 aromatic carbocycles. The lowest BCUT2D eigenvalue weighted by Crippen LogP contribution is -2.27. The second-order valence-electron chi connectivity index (χ2n) is 7.11. The number of nitrogens with zero attached hydrogens (tertiary/aromatic N) is 6. The van der Waals surface area contributed by atoms with Crippen molar-refractivity contribution < 1.29 is 14.3 Å². The highest BCUT2D eigenvalue weighted by atomic mass is 79.9. The van der Waals surface area contributed by atoms with Gasteiger partial charge in [0.05, 0.1) is 12.4 Å². The Balaban J connectivity index is 2.12. The van der Waals surface area contributed by atoms with E-state index >= 15 is 0 Å². The second-order valence-corrected chi connectivity index (χ2v) is 7.92. The van der Waals surface area contributed by atoms with Crippen LogP contribution in [0.2, 0.25) is 0 Å². The fourth-order valence-corrected chi connectivity index (χ4v) is 2.68. The van der Waals surface area contributed by atoms with Crippen LogP contribution < -0.4 is 0 Å². The Kier molecular flexibility index (Phi) is 4.77. The monoisotopic (exact) mass is 434 g/mol. The molecule has 0 spiro atoms. The maximum atomic E-state index is 12.6. The molecule has 3 rings (SSSR count). The normalized spacial score (nSPS) is 11.6. The maximum Gasteiger partial charge on any atom is 0.420 e. The van der Waals surface area contributed by atoms with Crippen molar-refractivity contribution in [2.75, 3.05) is 14.1 Å². The van der Waals surface area contributed by atoms with Crippen molar-refractivity contribution in [1.82, 2.24) is 29.2 Å². The minimum atomic E-state index is -0.653. The summed E-state index contributed by atoms with van der Waals surface area (Å²) in [5.41, 5.74) is 1.44. The average molecular weight is 435 g/mol. The van der Waals surface area contributed by atoms with Crippen molar-refractivity contribution in [2.24, 2.45) is 0 Å². The number of fused-ring (bicyclic) bond motifs is 1. The van der Waals surface area contributed by atoms with Gasteiger partial charge in [-0.1, -0.05) is 0 Å². The van der Waals surface area contributed by atoms with E-state index in [1.165, 1.54) is 26.5 Å². The molecule has 0 aliphatic carbocycles. The first kappa shape index (κ1) is 19.0. The van der Waals surface area contributed by atoms with Gasteiger partial charge in [0.25, 0.3) is 0 Å². The van der Waals surface area contributed by atoms with Crippen LogP contribution in [0.15, 0.2) is 29.4 Å². The number of rotatable bonds is 1. The molecule has 0 bridgehead atoms. The molecule has 1 amide bonds. The third-order valence-electron chi connectivity index (χ3n) is 3.53. The summed E-state index contributed by atoms with van der Waals surface area (Å²) in [4.78, 5) is 34.8. The summed E-state index contributed by atoms with van der Waals surface area (Å²) in [5.74, 6) is 0. The van der Waals surface area contributed by atoms with Crippen LogP contribution >= 0.6 is 15.9 Å². The fraction of sp³-hybridized carbons (Fsp3) is 0.353. The molecule has 9 nitrogen and oxygen atoms in total. The van der Waals surface area contributed by atoms with Gasteiger partial charge in [-0.2, -0.15) is 9.78 Å². The van der Waals surface area contributed by atoms with Crippen LogP contribution in [0.3, 0.4) is 0 Å². The molecule has 0 atom stereocenters. The summed E-state index contributed by atoms with van der Waals surface area (Å²) in [7, 11) is 3.28. The van der Waals surface area contributed by atoms with E-state index in [0.717, 1.165) is 0 Å². The van der Waals surface area contributed by atoms with Crippen molar-refractivity contribution in [1.29, 1.82) is 0 Å². The van der Waals surface area contributed by atoms with Gasteiger partial charge in [0, 0.05) is 37.6 Å². The van der Waals surface area contributed by atoms with Gasteiger partial charge < -0.3 is 9.64 Å². The van der Waals surface area contributed by atoms with Crippen LogP contribution in [0.25, 0.3) is 22.3 Å². The highest BCUT2D eigenvalue weighted by molar-refractivity contribution is 9.10. The van der Waals surface area contributed by atoms with Crippen molar-refractivity contribution in [2.45, 2.75) is 26.4 Å². The van der Waals surface area contributed by atoms with E-state index in [9.17, 15) is 9.59 Å². The van der Waals surface area contributed by atoms with Gasteiger partial charge in [-0.25, -0.2) is 24.1 Å². The first-order valence-corrected chi connectivity index (χ1v) is 8.90. The number of ether oxygens (including phenoxy) is 1. The van der Waals surface area contributed by atoms with E-state index in [1.807, 2.05) is 0 Å². The van der Waals surface area contributed by atoms with Crippen molar-refractivity contribution >= 4 is 39.2 Å². The number of aromatic nitrogens is 5. The smallest absolute Gasteiger partial charge is 0.420 e. The molecule has 0 radical (unpaired) electrons. The third kappa shape index (κ3) is 3.85. The van der Waals surface area contributed by atoms with Crippen molar-refractivity contribution in [3.05, 3.63) is 29.4 Å². The van der Waals surface area contributed by atoms with Crippen molar-refractivity contribution in [3.63, 3.8) is 0 Å². The predicted octanol–water partition coefficient (Wildman–Crippen LogP) is 3.37. The van der Waals surface area contributed by atoms with Crippen LogP contribution in [0, 0.1) is 0 Å². The van der Waals surface area contributed by atoms with Gasteiger partial charge in [-0.15, -0.1) is 0 Å². The number of amides is 1. The number of carbonyl (C=O) groups is 2. The van der Waals surface area contributed by atoms with Gasteiger partial charge >= 0.3 is 12.1 Å². The van der Waals surface area contributed by atoms with Gasteiger partial charge in [0.15, 0.2) is 5.65 Å². The Bertz CT molecular complexity index is 1030. The van der Waals surface area contributed by atoms with E-state index < -0.39 is 11.7 Å². The molecule has 142 valence electrons. The number of hydrogen-bond donors (Lipinski definition) is 0. The van der Waals surface area contributed by atoms with Gasteiger partial charge in [0.2, 0.25) is 0 Å². The molecule has 10 heteroatoms. The lowest BCUT2D eigenvalue weighted by Gasteiger charge is -2.19. The van der Waals surface area contributed by atoms with E-state index in [-0.39, 0.29) is 6.03 Å².